The quantitative estimate of drug-likeness (QED) is 0.806. The molecule has 96 valence electrons. The Hall–Kier alpha value is -1.88. The Morgan fingerprint density at radius 2 is 2.05 bits per heavy atom. The summed E-state index contributed by atoms with van der Waals surface area (Å²) < 4.78 is 6.09. The number of benzene rings is 1. The molecule has 2 aromatic heterocycles. The third-order valence-corrected chi connectivity index (χ3v) is 3.32. The largest absolute Gasteiger partial charge is 0.497 e. The molecule has 0 saturated carbocycles. The van der Waals surface area contributed by atoms with Crippen LogP contribution in [0.5, 0.6) is 5.75 Å². The van der Waals surface area contributed by atoms with Gasteiger partial charge in [0.25, 0.3) is 0 Å². The standard InChI is InChI=1S/C14H12BrN3O/c1-19-11-4-2-9(3-5-11)6-13-17-12-7-10(15)8-16-14(12)18-13/h2-5,7-8H,6H2,1H3,(H,16,17,18). The number of aromatic nitrogens is 3. The lowest BCUT2D eigenvalue weighted by molar-refractivity contribution is 0.414. The first-order valence-electron chi connectivity index (χ1n) is 5.87. The molecular weight excluding hydrogens is 306 g/mol. The van der Waals surface area contributed by atoms with E-state index < -0.39 is 0 Å². The van der Waals surface area contributed by atoms with E-state index >= 15 is 0 Å². The molecule has 0 atom stereocenters. The van der Waals surface area contributed by atoms with Crippen molar-refractivity contribution in [3.63, 3.8) is 0 Å². The Morgan fingerprint density at radius 3 is 2.79 bits per heavy atom. The van der Waals surface area contributed by atoms with E-state index in [-0.39, 0.29) is 0 Å². The second kappa shape index (κ2) is 5.01. The van der Waals surface area contributed by atoms with Crippen molar-refractivity contribution in [1.82, 2.24) is 15.0 Å². The van der Waals surface area contributed by atoms with Gasteiger partial charge in [0.05, 0.1) is 12.6 Å². The number of halogens is 1. The van der Waals surface area contributed by atoms with E-state index in [9.17, 15) is 0 Å². The molecule has 0 bridgehead atoms. The molecule has 1 aromatic carbocycles. The third kappa shape index (κ3) is 2.61. The highest BCUT2D eigenvalue weighted by atomic mass is 79.9. The lowest BCUT2D eigenvalue weighted by Crippen LogP contribution is -1.91. The number of aromatic amines is 1. The summed E-state index contributed by atoms with van der Waals surface area (Å²) in [5.41, 5.74) is 2.86. The van der Waals surface area contributed by atoms with Gasteiger partial charge in [0.1, 0.15) is 11.6 Å². The molecule has 0 radical (unpaired) electrons. The third-order valence-electron chi connectivity index (χ3n) is 2.88. The molecule has 3 rings (SSSR count). The number of imidazole rings is 1. The van der Waals surface area contributed by atoms with E-state index in [1.165, 1.54) is 5.56 Å². The van der Waals surface area contributed by atoms with Crippen LogP contribution in [0, 0.1) is 0 Å². The molecule has 0 unspecified atom stereocenters. The fourth-order valence-corrected chi connectivity index (χ4v) is 2.28. The van der Waals surface area contributed by atoms with Crippen molar-refractivity contribution in [3.05, 3.63) is 52.4 Å². The van der Waals surface area contributed by atoms with Crippen LogP contribution in [-0.4, -0.2) is 22.1 Å². The highest BCUT2D eigenvalue weighted by molar-refractivity contribution is 9.10. The Morgan fingerprint density at radius 1 is 1.26 bits per heavy atom. The summed E-state index contributed by atoms with van der Waals surface area (Å²) in [6.45, 7) is 0. The van der Waals surface area contributed by atoms with Crippen molar-refractivity contribution >= 4 is 27.1 Å². The minimum Gasteiger partial charge on any atom is -0.497 e. The summed E-state index contributed by atoms with van der Waals surface area (Å²) in [6.07, 6.45) is 2.50. The second-order valence-corrected chi connectivity index (χ2v) is 5.15. The van der Waals surface area contributed by atoms with E-state index in [1.807, 2.05) is 30.3 Å². The van der Waals surface area contributed by atoms with Gasteiger partial charge in [-0.1, -0.05) is 12.1 Å². The van der Waals surface area contributed by atoms with Crippen molar-refractivity contribution in [1.29, 1.82) is 0 Å². The first kappa shape index (κ1) is 12.2. The summed E-state index contributed by atoms with van der Waals surface area (Å²) in [4.78, 5) is 12.0. The minimum atomic E-state index is 0.742. The summed E-state index contributed by atoms with van der Waals surface area (Å²) in [5.74, 6) is 1.77. The minimum absolute atomic E-state index is 0.742. The molecule has 0 saturated heterocycles. The zero-order chi connectivity index (χ0) is 13.2. The number of methoxy groups -OCH3 is 1. The van der Waals surface area contributed by atoms with Gasteiger partial charge in [-0.15, -0.1) is 0 Å². The maximum Gasteiger partial charge on any atom is 0.177 e. The summed E-state index contributed by atoms with van der Waals surface area (Å²) >= 11 is 3.40. The highest BCUT2D eigenvalue weighted by Crippen LogP contribution is 2.18. The number of pyridine rings is 1. The average molecular weight is 318 g/mol. The number of ether oxygens (including phenoxy) is 1. The zero-order valence-corrected chi connectivity index (χ0v) is 11.9. The van der Waals surface area contributed by atoms with E-state index in [0.29, 0.717) is 0 Å². The molecule has 19 heavy (non-hydrogen) atoms. The maximum atomic E-state index is 5.14. The van der Waals surface area contributed by atoms with Crippen LogP contribution in [0.4, 0.5) is 0 Å². The molecule has 0 amide bonds. The van der Waals surface area contributed by atoms with Crippen molar-refractivity contribution in [2.45, 2.75) is 6.42 Å². The molecule has 5 heteroatoms. The molecule has 0 fully saturated rings. The van der Waals surface area contributed by atoms with Crippen molar-refractivity contribution in [2.75, 3.05) is 7.11 Å². The van der Waals surface area contributed by atoms with Gasteiger partial charge in [-0.25, -0.2) is 9.97 Å². The number of H-pyrrole nitrogens is 1. The molecule has 0 aliphatic carbocycles. The van der Waals surface area contributed by atoms with Gasteiger partial charge in [-0.05, 0) is 39.7 Å². The maximum absolute atomic E-state index is 5.14. The van der Waals surface area contributed by atoms with Crippen LogP contribution in [0.1, 0.15) is 11.4 Å². The highest BCUT2D eigenvalue weighted by Gasteiger charge is 2.05. The monoisotopic (exact) mass is 317 g/mol. The van der Waals surface area contributed by atoms with E-state index in [2.05, 4.69) is 30.9 Å². The lowest BCUT2D eigenvalue weighted by Gasteiger charge is -2.01. The second-order valence-electron chi connectivity index (χ2n) is 4.23. The van der Waals surface area contributed by atoms with Gasteiger partial charge in [-0.2, -0.15) is 0 Å². The number of fused-ring (bicyclic) bond motifs is 1. The van der Waals surface area contributed by atoms with Crippen molar-refractivity contribution in [2.24, 2.45) is 0 Å². The van der Waals surface area contributed by atoms with E-state index in [1.54, 1.807) is 13.3 Å². The van der Waals surface area contributed by atoms with Crippen LogP contribution >= 0.6 is 15.9 Å². The van der Waals surface area contributed by atoms with Gasteiger partial charge in [0.15, 0.2) is 5.65 Å². The number of rotatable bonds is 3. The molecule has 0 aliphatic rings. The predicted octanol–water partition coefficient (Wildman–Crippen LogP) is 3.32. The fraction of sp³-hybridized carbons (Fsp3) is 0.143. The van der Waals surface area contributed by atoms with Gasteiger partial charge >= 0.3 is 0 Å². The lowest BCUT2D eigenvalue weighted by atomic mass is 10.1. The zero-order valence-electron chi connectivity index (χ0n) is 10.4. The Bertz CT molecular complexity index is 706. The Balaban J connectivity index is 1.87. The van der Waals surface area contributed by atoms with Gasteiger partial charge < -0.3 is 9.72 Å². The summed E-state index contributed by atoms with van der Waals surface area (Å²) in [7, 11) is 1.66. The predicted molar refractivity (Wildman–Crippen MR) is 77.4 cm³/mol. The first-order chi connectivity index (χ1) is 9.24. The number of nitrogens with one attached hydrogen (secondary N) is 1. The van der Waals surface area contributed by atoms with E-state index in [0.717, 1.165) is 33.6 Å². The summed E-state index contributed by atoms with van der Waals surface area (Å²) in [6, 6.07) is 9.96. The number of nitrogens with zero attached hydrogens (tertiary/aromatic N) is 2. The van der Waals surface area contributed by atoms with Crippen LogP contribution < -0.4 is 4.74 Å². The number of hydrogen-bond acceptors (Lipinski definition) is 3. The Kier molecular flexibility index (Phi) is 3.21. The topological polar surface area (TPSA) is 50.8 Å². The van der Waals surface area contributed by atoms with Crippen LogP contribution in [0.15, 0.2) is 41.0 Å². The molecule has 4 nitrogen and oxygen atoms in total. The van der Waals surface area contributed by atoms with Gasteiger partial charge in [0, 0.05) is 17.1 Å². The molecule has 1 N–H and O–H groups in total. The normalized spacial score (nSPS) is 10.8. The van der Waals surface area contributed by atoms with Crippen molar-refractivity contribution in [3.8, 4) is 5.75 Å². The fourth-order valence-electron chi connectivity index (χ4n) is 1.94. The van der Waals surface area contributed by atoms with Gasteiger partial charge in [-0.3, -0.25) is 0 Å². The van der Waals surface area contributed by atoms with Crippen molar-refractivity contribution < 1.29 is 4.74 Å². The molecule has 0 aliphatic heterocycles. The molecular formula is C14H12BrN3O. The van der Waals surface area contributed by atoms with E-state index in [4.69, 9.17) is 4.74 Å². The SMILES string of the molecule is COc1ccc(Cc2nc3ncc(Br)cc3[nH]2)cc1. The first-order valence-corrected chi connectivity index (χ1v) is 6.67. The molecule has 2 heterocycles. The average Bonchev–Trinajstić information content (AvgIpc) is 2.81. The summed E-state index contributed by atoms with van der Waals surface area (Å²) in [5, 5.41) is 0. The van der Waals surface area contributed by atoms with Crippen LogP contribution in [0.25, 0.3) is 11.2 Å². The Labute approximate surface area is 119 Å². The van der Waals surface area contributed by atoms with Crippen LogP contribution in [0.3, 0.4) is 0 Å². The van der Waals surface area contributed by atoms with Crippen LogP contribution in [0.2, 0.25) is 0 Å². The molecule has 0 spiro atoms. The smallest absolute Gasteiger partial charge is 0.177 e. The number of hydrogen-bond donors (Lipinski definition) is 1. The molecule has 3 aromatic rings. The van der Waals surface area contributed by atoms with Crippen LogP contribution in [-0.2, 0) is 6.42 Å². The van der Waals surface area contributed by atoms with Gasteiger partial charge in [0.2, 0.25) is 0 Å².